The molecule has 1 aliphatic rings. The van der Waals surface area contributed by atoms with E-state index in [0.717, 1.165) is 63.1 Å². The highest BCUT2D eigenvalue weighted by atomic mass is 127. The van der Waals surface area contributed by atoms with Crippen molar-refractivity contribution in [3.05, 3.63) is 54.2 Å². The molecule has 2 aromatic rings. The van der Waals surface area contributed by atoms with Crippen LogP contribution in [-0.4, -0.2) is 62.7 Å². The molecule has 1 saturated heterocycles. The summed E-state index contributed by atoms with van der Waals surface area (Å²) in [6.07, 6.45) is 3.96. The fourth-order valence-corrected chi connectivity index (χ4v) is 3.31. The summed E-state index contributed by atoms with van der Waals surface area (Å²) in [5, 5.41) is 3.50. The van der Waals surface area contributed by atoms with E-state index in [2.05, 4.69) is 43.3 Å². The van der Waals surface area contributed by atoms with Crippen LogP contribution in [0.4, 0.5) is 5.82 Å². The molecule has 2 heterocycles. The molecule has 1 aliphatic heterocycles. The van der Waals surface area contributed by atoms with Crippen molar-refractivity contribution in [3.63, 3.8) is 0 Å². The number of guanidine groups is 1. The minimum absolute atomic E-state index is 0. The molecule has 28 heavy (non-hydrogen) atoms. The number of anilines is 1. The smallest absolute Gasteiger partial charge is 0.193 e. The summed E-state index contributed by atoms with van der Waals surface area (Å²) in [4.78, 5) is 13.6. The van der Waals surface area contributed by atoms with Gasteiger partial charge in [-0.1, -0.05) is 18.2 Å². The molecular weight excluding hydrogens is 465 g/mol. The van der Waals surface area contributed by atoms with Crippen LogP contribution in [0.2, 0.25) is 0 Å². The number of rotatable bonds is 6. The maximum atomic E-state index is 5.20. The predicted octanol–water partition coefficient (Wildman–Crippen LogP) is 3.04. The van der Waals surface area contributed by atoms with Crippen LogP contribution in [0.1, 0.15) is 12.0 Å². The maximum Gasteiger partial charge on any atom is 0.193 e. The third-order valence-corrected chi connectivity index (χ3v) is 4.85. The van der Waals surface area contributed by atoms with Gasteiger partial charge in [-0.2, -0.15) is 0 Å². The second-order valence-electron chi connectivity index (χ2n) is 6.59. The number of nitrogens with one attached hydrogen (secondary N) is 1. The van der Waals surface area contributed by atoms with Crippen LogP contribution in [0, 0.1) is 0 Å². The molecule has 7 heteroatoms. The van der Waals surface area contributed by atoms with Crippen LogP contribution in [0.15, 0.2) is 53.7 Å². The molecule has 0 unspecified atom stereocenters. The zero-order valence-corrected chi connectivity index (χ0v) is 19.0. The molecule has 1 aromatic heterocycles. The first-order chi connectivity index (χ1) is 13.3. The lowest BCUT2D eigenvalue weighted by atomic mass is 10.1. The number of benzene rings is 1. The molecule has 0 atom stereocenters. The number of nitrogens with zero attached hydrogens (tertiary/aromatic N) is 4. The first-order valence-corrected chi connectivity index (χ1v) is 9.54. The van der Waals surface area contributed by atoms with E-state index in [1.54, 1.807) is 7.11 Å². The van der Waals surface area contributed by atoms with Crippen LogP contribution >= 0.6 is 24.0 Å². The summed E-state index contributed by atoms with van der Waals surface area (Å²) in [5.41, 5.74) is 1.33. The number of ether oxygens (including phenoxy) is 1. The van der Waals surface area contributed by atoms with Gasteiger partial charge in [0.25, 0.3) is 0 Å². The predicted molar refractivity (Wildman–Crippen MR) is 126 cm³/mol. The molecule has 0 bridgehead atoms. The average Bonchev–Trinajstić information content (AvgIpc) is 2.75. The van der Waals surface area contributed by atoms with E-state index >= 15 is 0 Å². The Morgan fingerprint density at radius 1 is 1.11 bits per heavy atom. The average molecular weight is 495 g/mol. The molecule has 152 valence electrons. The number of aliphatic imine (C=N–C) groups is 1. The summed E-state index contributed by atoms with van der Waals surface area (Å²) in [6, 6.07) is 14.4. The minimum Gasteiger partial charge on any atom is -0.497 e. The van der Waals surface area contributed by atoms with Gasteiger partial charge in [-0.3, -0.25) is 4.99 Å². The fourth-order valence-electron chi connectivity index (χ4n) is 3.31. The van der Waals surface area contributed by atoms with E-state index in [-0.39, 0.29) is 24.0 Å². The van der Waals surface area contributed by atoms with Crippen molar-refractivity contribution in [1.29, 1.82) is 0 Å². The van der Waals surface area contributed by atoms with Crippen molar-refractivity contribution < 1.29 is 4.74 Å². The lowest BCUT2D eigenvalue weighted by Crippen LogP contribution is -2.52. The normalized spacial score (nSPS) is 14.4. The molecule has 1 fully saturated rings. The first kappa shape index (κ1) is 22.3. The summed E-state index contributed by atoms with van der Waals surface area (Å²) in [6.45, 7) is 4.75. The third-order valence-electron chi connectivity index (χ3n) is 4.85. The Bertz CT molecular complexity index is 715. The number of pyridine rings is 1. The largest absolute Gasteiger partial charge is 0.497 e. The van der Waals surface area contributed by atoms with Gasteiger partial charge in [0.2, 0.25) is 0 Å². The Labute approximate surface area is 185 Å². The van der Waals surface area contributed by atoms with Crippen LogP contribution < -0.4 is 15.0 Å². The van der Waals surface area contributed by atoms with Crippen LogP contribution in [-0.2, 0) is 6.42 Å². The number of piperazine rings is 1. The van der Waals surface area contributed by atoms with Crippen molar-refractivity contribution in [1.82, 2.24) is 15.2 Å². The van der Waals surface area contributed by atoms with Crippen molar-refractivity contribution in [3.8, 4) is 5.75 Å². The topological polar surface area (TPSA) is 53.0 Å². The van der Waals surface area contributed by atoms with Crippen LogP contribution in [0.25, 0.3) is 0 Å². The summed E-state index contributed by atoms with van der Waals surface area (Å²) in [7, 11) is 3.55. The van der Waals surface area contributed by atoms with Gasteiger partial charge in [-0.15, -0.1) is 24.0 Å². The lowest BCUT2D eigenvalue weighted by Gasteiger charge is -2.37. The van der Waals surface area contributed by atoms with E-state index in [9.17, 15) is 0 Å². The highest BCUT2D eigenvalue weighted by Gasteiger charge is 2.20. The number of aryl methyl sites for hydroxylation is 1. The Hall–Kier alpha value is -2.03. The Morgan fingerprint density at radius 3 is 2.46 bits per heavy atom. The van der Waals surface area contributed by atoms with Gasteiger partial charge in [-0.05, 0) is 42.7 Å². The van der Waals surface area contributed by atoms with E-state index in [4.69, 9.17) is 4.74 Å². The first-order valence-electron chi connectivity index (χ1n) is 9.54. The second kappa shape index (κ2) is 11.7. The zero-order chi connectivity index (χ0) is 18.9. The molecule has 0 amide bonds. The highest BCUT2D eigenvalue weighted by molar-refractivity contribution is 14.0. The van der Waals surface area contributed by atoms with Crippen molar-refractivity contribution in [2.24, 2.45) is 4.99 Å². The molecular formula is C21H30IN5O. The highest BCUT2D eigenvalue weighted by Crippen LogP contribution is 2.13. The van der Waals surface area contributed by atoms with Crippen molar-refractivity contribution in [2.75, 3.05) is 51.8 Å². The van der Waals surface area contributed by atoms with Gasteiger partial charge < -0.3 is 19.9 Å². The lowest BCUT2D eigenvalue weighted by molar-refractivity contribution is 0.371. The van der Waals surface area contributed by atoms with Gasteiger partial charge in [-0.25, -0.2) is 4.98 Å². The number of hydrogen-bond acceptors (Lipinski definition) is 4. The number of halogens is 1. The van der Waals surface area contributed by atoms with Gasteiger partial charge in [0.1, 0.15) is 11.6 Å². The SMILES string of the molecule is CN=C(NCCCc1ccc(OC)cc1)N1CCN(c2ccccn2)CC1.I. The molecule has 3 rings (SSSR count). The molecule has 0 spiro atoms. The summed E-state index contributed by atoms with van der Waals surface area (Å²) in [5.74, 6) is 2.95. The number of aromatic nitrogens is 1. The molecule has 1 aromatic carbocycles. The molecule has 0 aliphatic carbocycles. The van der Waals surface area contributed by atoms with Crippen molar-refractivity contribution in [2.45, 2.75) is 12.8 Å². The molecule has 0 saturated carbocycles. The van der Waals surface area contributed by atoms with E-state index in [0.29, 0.717) is 0 Å². The van der Waals surface area contributed by atoms with Crippen molar-refractivity contribution >= 4 is 35.8 Å². The Morgan fingerprint density at radius 2 is 1.86 bits per heavy atom. The molecule has 6 nitrogen and oxygen atoms in total. The zero-order valence-electron chi connectivity index (χ0n) is 16.7. The molecule has 1 N–H and O–H groups in total. The van der Waals surface area contributed by atoms with Gasteiger partial charge in [0.05, 0.1) is 7.11 Å². The Kier molecular flexibility index (Phi) is 9.33. The van der Waals surface area contributed by atoms with Gasteiger partial charge in [0.15, 0.2) is 5.96 Å². The number of hydrogen-bond donors (Lipinski definition) is 1. The quantitative estimate of drug-likeness (QED) is 0.289. The van der Waals surface area contributed by atoms with Crippen LogP contribution in [0.3, 0.4) is 0 Å². The van der Waals surface area contributed by atoms with Gasteiger partial charge >= 0.3 is 0 Å². The monoisotopic (exact) mass is 495 g/mol. The minimum atomic E-state index is 0. The second-order valence-corrected chi connectivity index (χ2v) is 6.59. The number of methoxy groups -OCH3 is 1. The Balaban J connectivity index is 0.00000280. The summed E-state index contributed by atoms with van der Waals surface area (Å²) >= 11 is 0. The standard InChI is InChI=1S/C21H29N5O.HI/c1-22-21(24-13-5-6-18-8-10-19(27-2)11-9-18)26-16-14-25(15-17-26)20-7-3-4-12-23-20;/h3-4,7-12H,5-6,13-17H2,1-2H3,(H,22,24);1H. The van der Waals surface area contributed by atoms with E-state index in [1.165, 1.54) is 5.56 Å². The van der Waals surface area contributed by atoms with Gasteiger partial charge in [0, 0.05) is 46.0 Å². The maximum absolute atomic E-state index is 5.20. The third kappa shape index (κ3) is 6.25. The van der Waals surface area contributed by atoms with Crippen LogP contribution in [0.5, 0.6) is 5.75 Å². The van der Waals surface area contributed by atoms with E-state index in [1.807, 2.05) is 37.5 Å². The molecule has 0 radical (unpaired) electrons. The summed E-state index contributed by atoms with van der Waals surface area (Å²) < 4.78 is 5.20. The van der Waals surface area contributed by atoms with E-state index < -0.39 is 0 Å². The fraction of sp³-hybridized carbons (Fsp3) is 0.429.